The van der Waals surface area contributed by atoms with E-state index in [0.717, 1.165) is 28.1 Å². The Kier molecular flexibility index (Phi) is 4.85. The number of alkyl halides is 1. The van der Waals surface area contributed by atoms with E-state index in [-0.39, 0.29) is 0 Å². The van der Waals surface area contributed by atoms with Gasteiger partial charge < -0.3 is 9.47 Å². The summed E-state index contributed by atoms with van der Waals surface area (Å²) in [5.74, 6) is 1.56. The molecule has 0 aliphatic carbocycles. The topological polar surface area (TPSA) is 36.3 Å². The normalized spacial score (nSPS) is 10.5. The van der Waals surface area contributed by atoms with Crippen LogP contribution < -0.4 is 9.47 Å². The van der Waals surface area contributed by atoms with Gasteiger partial charge in [0, 0.05) is 24.1 Å². The van der Waals surface area contributed by atoms with E-state index in [1.54, 1.807) is 4.68 Å². The summed E-state index contributed by atoms with van der Waals surface area (Å²) in [4.78, 5) is 0. The largest absolute Gasteiger partial charge is 0.490 e. The fourth-order valence-corrected chi connectivity index (χ4v) is 2.23. The molecule has 0 fully saturated rings. The standard InChI is InChI=1S/C14H17BrN2O2/c1-3-18-13-6-4-5-11(9-15)14(13)19-10-12-7-8-17(2)16-12/h4-8H,3,9-10H2,1-2H3. The molecule has 0 saturated heterocycles. The number of benzene rings is 1. The minimum absolute atomic E-state index is 0.435. The Morgan fingerprint density at radius 3 is 2.74 bits per heavy atom. The number of hydrogen-bond acceptors (Lipinski definition) is 3. The van der Waals surface area contributed by atoms with Crippen molar-refractivity contribution >= 4 is 15.9 Å². The molecule has 19 heavy (non-hydrogen) atoms. The highest BCUT2D eigenvalue weighted by Gasteiger charge is 2.11. The van der Waals surface area contributed by atoms with Crippen LogP contribution in [0.25, 0.3) is 0 Å². The fourth-order valence-electron chi connectivity index (χ4n) is 1.79. The SMILES string of the molecule is CCOc1cccc(CBr)c1OCc1ccn(C)n1. The van der Waals surface area contributed by atoms with E-state index >= 15 is 0 Å². The second kappa shape index (κ2) is 6.61. The molecule has 0 amide bonds. The molecule has 1 heterocycles. The first-order chi connectivity index (χ1) is 9.24. The Labute approximate surface area is 121 Å². The first kappa shape index (κ1) is 13.9. The minimum Gasteiger partial charge on any atom is -0.490 e. The van der Waals surface area contributed by atoms with E-state index in [9.17, 15) is 0 Å². The summed E-state index contributed by atoms with van der Waals surface area (Å²) in [6, 6.07) is 7.85. The van der Waals surface area contributed by atoms with Gasteiger partial charge in [0.15, 0.2) is 11.5 Å². The molecular weight excluding hydrogens is 308 g/mol. The zero-order valence-electron chi connectivity index (χ0n) is 11.1. The summed E-state index contributed by atoms with van der Waals surface area (Å²) in [6.45, 7) is 3.01. The van der Waals surface area contributed by atoms with Gasteiger partial charge in [-0.15, -0.1) is 0 Å². The predicted octanol–water partition coefficient (Wildman–Crippen LogP) is 3.29. The zero-order chi connectivity index (χ0) is 13.7. The Morgan fingerprint density at radius 2 is 2.11 bits per heavy atom. The molecule has 0 spiro atoms. The minimum atomic E-state index is 0.435. The molecular formula is C14H17BrN2O2. The van der Waals surface area contributed by atoms with Crippen LogP contribution in [0.1, 0.15) is 18.2 Å². The molecule has 1 aromatic carbocycles. The fraction of sp³-hybridized carbons (Fsp3) is 0.357. The molecule has 2 rings (SSSR count). The third-order valence-electron chi connectivity index (χ3n) is 2.64. The van der Waals surface area contributed by atoms with Crippen molar-refractivity contribution in [1.29, 1.82) is 0 Å². The van der Waals surface area contributed by atoms with Crippen LogP contribution >= 0.6 is 15.9 Å². The lowest BCUT2D eigenvalue weighted by atomic mass is 10.2. The van der Waals surface area contributed by atoms with Crippen LogP contribution in [0.3, 0.4) is 0 Å². The van der Waals surface area contributed by atoms with Gasteiger partial charge in [-0.1, -0.05) is 28.1 Å². The van der Waals surface area contributed by atoms with Crippen LogP contribution in [-0.4, -0.2) is 16.4 Å². The van der Waals surface area contributed by atoms with Crippen molar-refractivity contribution in [1.82, 2.24) is 9.78 Å². The first-order valence-electron chi connectivity index (χ1n) is 6.16. The van der Waals surface area contributed by atoms with E-state index in [4.69, 9.17) is 9.47 Å². The Balaban J connectivity index is 2.17. The van der Waals surface area contributed by atoms with E-state index in [2.05, 4.69) is 21.0 Å². The van der Waals surface area contributed by atoms with Crippen molar-refractivity contribution in [2.24, 2.45) is 7.05 Å². The highest BCUT2D eigenvalue weighted by molar-refractivity contribution is 9.08. The molecule has 4 nitrogen and oxygen atoms in total. The zero-order valence-corrected chi connectivity index (χ0v) is 12.7. The summed E-state index contributed by atoms with van der Waals surface area (Å²) in [5, 5.41) is 5.02. The van der Waals surface area contributed by atoms with Gasteiger partial charge in [0.1, 0.15) is 6.61 Å². The number of aryl methyl sites for hydroxylation is 1. The maximum atomic E-state index is 5.88. The summed E-state index contributed by atoms with van der Waals surface area (Å²) in [6.07, 6.45) is 1.90. The lowest BCUT2D eigenvalue weighted by Crippen LogP contribution is -2.03. The smallest absolute Gasteiger partial charge is 0.165 e. The average Bonchev–Trinajstić information content (AvgIpc) is 2.83. The van der Waals surface area contributed by atoms with Crippen LogP contribution in [0, 0.1) is 0 Å². The summed E-state index contributed by atoms with van der Waals surface area (Å²) in [7, 11) is 1.89. The van der Waals surface area contributed by atoms with Crippen LogP contribution in [-0.2, 0) is 19.0 Å². The first-order valence-corrected chi connectivity index (χ1v) is 7.28. The lowest BCUT2D eigenvalue weighted by Gasteiger charge is -2.14. The van der Waals surface area contributed by atoms with Crippen molar-refractivity contribution in [3.05, 3.63) is 41.7 Å². The summed E-state index contributed by atoms with van der Waals surface area (Å²) >= 11 is 3.47. The van der Waals surface area contributed by atoms with E-state index in [0.29, 0.717) is 13.2 Å². The van der Waals surface area contributed by atoms with Crippen LogP contribution in [0.2, 0.25) is 0 Å². The average molecular weight is 325 g/mol. The molecule has 0 aliphatic heterocycles. The van der Waals surface area contributed by atoms with Gasteiger partial charge in [-0.3, -0.25) is 4.68 Å². The Morgan fingerprint density at radius 1 is 1.26 bits per heavy atom. The quantitative estimate of drug-likeness (QED) is 0.765. The summed E-state index contributed by atoms with van der Waals surface area (Å²) in [5.41, 5.74) is 1.97. The van der Waals surface area contributed by atoms with Crippen molar-refractivity contribution in [2.45, 2.75) is 18.9 Å². The van der Waals surface area contributed by atoms with Crippen molar-refractivity contribution in [2.75, 3.05) is 6.61 Å². The molecule has 102 valence electrons. The number of rotatable bonds is 6. The molecule has 0 saturated carbocycles. The Hall–Kier alpha value is -1.49. The summed E-state index contributed by atoms with van der Waals surface area (Å²) < 4.78 is 13.2. The third-order valence-corrected chi connectivity index (χ3v) is 3.24. The molecule has 1 aromatic heterocycles. The predicted molar refractivity (Wildman–Crippen MR) is 77.8 cm³/mol. The number of halogens is 1. The highest BCUT2D eigenvalue weighted by Crippen LogP contribution is 2.33. The van der Waals surface area contributed by atoms with Crippen molar-refractivity contribution in [3.63, 3.8) is 0 Å². The monoisotopic (exact) mass is 324 g/mol. The van der Waals surface area contributed by atoms with Crippen LogP contribution in [0.4, 0.5) is 0 Å². The number of hydrogen-bond donors (Lipinski definition) is 0. The van der Waals surface area contributed by atoms with Gasteiger partial charge in [-0.2, -0.15) is 5.10 Å². The molecule has 0 bridgehead atoms. The van der Waals surface area contributed by atoms with Gasteiger partial charge in [0.2, 0.25) is 0 Å². The Bertz CT molecular complexity index is 540. The molecule has 0 atom stereocenters. The van der Waals surface area contributed by atoms with Crippen LogP contribution in [0.5, 0.6) is 11.5 Å². The number of nitrogens with zero attached hydrogens (tertiary/aromatic N) is 2. The van der Waals surface area contributed by atoms with Gasteiger partial charge in [-0.05, 0) is 19.1 Å². The number of aromatic nitrogens is 2. The second-order valence-electron chi connectivity index (χ2n) is 4.08. The molecule has 0 N–H and O–H groups in total. The van der Waals surface area contributed by atoms with Crippen LogP contribution in [0.15, 0.2) is 30.5 Å². The molecule has 0 aliphatic rings. The van der Waals surface area contributed by atoms with E-state index in [1.165, 1.54) is 0 Å². The third kappa shape index (κ3) is 3.50. The van der Waals surface area contributed by atoms with Gasteiger partial charge in [-0.25, -0.2) is 0 Å². The van der Waals surface area contributed by atoms with E-state index in [1.807, 2.05) is 44.4 Å². The number of para-hydroxylation sites is 1. The number of ether oxygens (including phenoxy) is 2. The van der Waals surface area contributed by atoms with Gasteiger partial charge in [0.05, 0.1) is 12.3 Å². The van der Waals surface area contributed by atoms with E-state index < -0.39 is 0 Å². The highest BCUT2D eigenvalue weighted by atomic mass is 79.9. The maximum absolute atomic E-state index is 5.88. The lowest BCUT2D eigenvalue weighted by molar-refractivity contribution is 0.264. The molecule has 0 unspecified atom stereocenters. The molecule has 2 aromatic rings. The molecule has 0 radical (unpaired) electrons. The van der Waals surface area contributed by atoms with Gasteiger partial charge >= 0.3 is 0 Å². The van der Waals surface area contributed by atoms with Crippen molar-refractivity contribution < 1.29 is 9.47 Å². The van der Waals surface area contributed by atoms with Crippen molar-refractivity contribution in [3.8, 4) is 11.5 Å². The molecule has 5 heteroatoms. The second-order valence-corrected chi connectivity index (χ2v) is 4.64. The maximum Gasteiger partial charge on any atom is 0.165 e. The van der Waals surface area contributed by atoms with Gasteiger partial charge in [0.25, 0.3) is 0 Å².